The summed E-state index contributed by atoms with van der Waals surface area (Å²) < 4.78 is 0. The number of nitrogens with zero attached hydrogens (tertiary/aromatic N) is 1. The topological polar surface area (TPSA) is 29.3 Å². The molecule has 1 unspecified atom stereocenters. The maximum atomic E-state index is 5.83. The SMILES string of the molecule is CCC(CN)N(C)Cc1ccc(Cl)cc1. The van der Waals surface area contributed by atoms with Crippen molar-refractivity contribution in [2.75, 3.05) is 13.6 Å². The molecule has 0 saturated carbocycles. The maximum absolute atomic E-state index is 5.83. The van der Waals surface area contributed by atoms with Crippen LogP contribution in [0.4, 0.5) is 0 Å². The van der Waals surface area contributed by atoms with Crippen molar-refractivity contribution in [2.24, 2.45) is 5.73 Å². The van der Waals surface area contributed by atoms with Crippen LogP contribution in [0.5, 0.6) is 0 Å². The minimum absolute atomic E-state index is 0.459. The van der Waals surface area contributed by atoms with Gasteiger partial charge in [-0.25, -0.2) is 0 Å². The van der Waals surface area contributed by atoms with Gasteiger partial charge in [-0.2, -0.15) is 0 Å². The van der Waals surface area contributed by atoms with Crippen LogP contribution in [0.1, 0.15) is 18.9 Å². The van der Waals surface area contributed by atoms with Crippen molar-refractivity contribution >= 4 is 11.6 Å². The standard InChI is InChI=1S/C12H19ClN2/c1-3-12(8-14)15(2)9-10-4-6-11(13)7-5-10/h4-7,12H,3,8-9,14H2,1-2H3. The van der Waals surface area contributed by atoms with E-state index in [0.717, 1.165) is 18.0 Å². The predicted octanol–water partition coefficient (Wildman–Crippen LogP) is 2.51. The van der Waals surface area contributed by atoms with E-state index < -0.39 is 0 Å². The van der Waals surface area contributed by atoms with Gasteiger partial charge in [0, 0.05) is 24.2 Å². The van der Waals surface area contributed by atoms with Crippen LogP contribution in [0.2, 0.25) is 5.02 Å². The van der Waals surface area contributed by atoms with Crippen molar-refractivity contribution in [3.8, 4) is 0 Å². The Kier molecular flexibility index (Phi) is 5.09. The zero-order valence-corrected chi connectivity index (χ0v) is 10.2. The quantitative estimate of drug-likeness (QED) is 0.836. The summed E-state index contributed by atoms with van der Waals surface area (Å²) in [5.41, 5.74) is 6.97. The average Bonchev–Trinajstić information content (AvgIpc) is 2.23. The highest BCUT2D eigenvalue weighted by Gasteiger charge is 2.10. The van der Waals surface area contributed by atoms with E-state index in [1.807, 2.05) is 12.1 Å². The molecule has 0 aromatic heterocycles. The van der Waals surface area contributed by atoms with E-state index in [0.29, 0.717) is 12.6 Å². The van der Waals surface area contributed by atoms with Crippen LogP contribution in [0, 0.1) is 0 Å². The van der Waals surface area contributed by atoms with E-state index in [1.165, 1.54) is 5.56 Å². The smallest absolute Gasteiger partial charge is 0.0406 e. The summed E-state index contributed by atoms with van der Waals surface area (Å²) in [5.74, 6) is 0. The van der Waals surface area contributed by atoms with E-state index in [4.69, 9.17) is 17.3 Å². The Balaban J connectivity index is 2.57. The van der Waals surface area contributed by atoms with Crippen molar-refractivity contribution in [2.45, 2.75) is 25.9 Å². The molecule has 1 atom stereocenters. The molecule has 0 aliphatic carbocycles. The normalized spacial score (nSPS) is 13.1. The lowest BCUT2D eigenvalue weighted by Crippen LogP contribution is -2.36. The van der Waals surface area contributed by atoms with Crippen LogP contribution in [0.3, 0.4) is 0 Å². The van der Waals surface area contributed by atoms with Crippen LogP contribution in [-0.2, 0) is 6.54 Å². The largest absolute Gasteiger partial charge is 0.329 e. The Morgan fingerprint density at radius 3 is 2.40 bits per heavy atom. The highest BCUT2D eigenvalue weighted by molar-refractivity contribution is 6.30. The Morgan fingerprint density at radius 1 is 1.33 bits per heavy atom. The maximum Gasteiger partial charge on any atom is 0.0406 e. The monoisotopic (exact) mass is 226 g/mol. The summed E-state index contributed by atoms with van der Waals surface area (Å²) in [6.45, 7) is 3.79. The molecule has 3 heteroatoms. The first-order valence-electron chi connectivity index (χ1n) is 5.32. The van der Waals surface area contributed by atoms with Gasteiger partial charge in [0.1, 0.15) is 0 Å². The molecule has 84 valence electrons. The molecule has 1 aromatic carbocycles. The summed E-state index contributed by atoms with van der Waals surface area (Å²) in [4.78, 5) is 2.28. The van der Waals surface area contributed by atoms with E-state index in [-0.39, 0.29) is 0 Å². The van der Waals surface area contributed by atoms with Crippen LogP contribution in [0.25, 0.3) is 0 Å². The molecule has 1 rings (SSSR count). The molecule has 0 aliphatic heterocycles. The second kappa shape index (κ2) is 6.11. The van der Waals surface area contributed by atoms with Gasteiger partial charge in [0.05, 0.1) is 0 Å². The molecule has 0 fully saturated rings. The fourth-order valence-electron chi connectivity index (χ4n) is 1.67. The molecule has 0 radical (unpaired) electrons. The summed E-state index contributed by atoms with van der Waals surface area (Å²) in [6, 6.07) is 8.42. The highest BCUT2D eigenvalue weighted by Crippen LogP contribution is 2.12. The molecule has 0 bridgehead atoms. The fourth-order valence-corrected chi connectivity index (χ4v) is 1.79. The Labute approximate surface area is 97.0 Å². The first-order chi connectivity index (χ1) is 7.17. The number of likely N-dealkylation sites (N-methyl/N-ethyl adjacent to an activating group) is 1. The summed E-state index contributed by atoms with van der Waals surface area (Å²) in [5, 5.41) is 0.785. The third kappa shape index (κ3) is 3.82. The minimum Gasteiger partial charge on any atom is -0.329 e. The van der Waals surface area contributed by atoms with Gasteiger partial charge in [0.15, 0.2) is 0 Å². The van der Waals surface area contributed by atoms with Gasteiger partial charge >= 0.3 is 0 Å². The summed E-state index contributed by atoms with van der Waals surface area (Å²) >= 11 is 5.83. The van der Waals surface area contributed by atoms with E-state index in [1.54, 1.807) is 0 Å². The Hall–Kier alpha value is -0.570. The number of hydrogen-bond acceptors (Lipinski definition) is 2. The zero-order valence-electron chi connectivity index (χ0n) is 9.41. The van der Waals surface area contributed by atoms with Gasteiger partial charge in [-0.05, 0) is 31.2 Å². The zero-order chi connectivity index (χ0) is 11.3. The van der Waals surface area contributed by atoms with Gasteiger partial charge in [0.2, 0.25) is 0 Å². The lowest BCUT2D eigenvalue weighted by Gasteiger charge is -2.25. The van der Waals surface area contributed by atoms with Gasteiger partial charge in [-0.1, -0.05) is 30.7 Å². The van der Waals surface area contributed by atoms with Crippen molar-refractivity contribution in [3.05, 3.63) is 34.9 Å². The Morgan fingerprint density at radius 2 is 1.93 bits per heavy atom. The van der Waals surface area contributed by atoms with Crippen LogP contribution < -0.4 is 5.73 Å². The Bertz CT molecular complexity index is 280. The number of rotatable bonds is 5. The van der Waals surface area contributed by atoms with Gasteiger partial charge < -0.3 is 5.73 Å². The highest BCUT2D eigenvalue weighted by atomic mass is 35.5. The van der Waals surface area contributed by atoms with Crippen LogP contribution in [0.15, 0.2) is 24.3 Å². The molecular formula is C12H19ClN2. The predicted molar refractivity (Wildman–Crippen MR) is 66.1 cm³/mol. The van der Waals surface area contributed by atoms with Crippen LogP contribution in [-0.4, -0.2) is 24.5 Å². The second-order valence-corrected chi connectivity index (χ2v) is 4.28. The number of halogens is 1. The number of benzene rings is 1. The van der Waals surface area contributed by atoms with E-state index >= 15 is 0 Å². The molecule has 0 aliphatic rings. The molecule has 1 aromatic rings. The third-order valence-corrected chi connectivity index (χ3v) is 2.96. The minimum atomic E-state index is 0.459. The van der Waals surface area contributed by atoms with E-state index in [9.17, 15) is 0 Å². The molecule has 0 heterocycles. The van der Waals surface area contributed by atoms with Crippen molar-refractivity contribution in [3.63, 3.8) is 0 Å². The fraction of sp³-hybridized carbons (Fsp3) is 0.500. The number of hydrogen-bond donors (Lipinski definition) is 1. The first-order valence-corrected chi connectivity index (χ1v) is 5.70. The first kappa shape index (κ1) is 12.5. The molecular weight excluding hydrogens is 208 g/mol. The van der Waals surface area contributed by atoms with Crippen molar-refractivity contribution < 1.29 is 0 Å². The molecule has 0 spiro atoms. The average molecular weight is 227 g/mol. The molecule has 2 nitrogen and oxygen atoms in total. The second-order valence-electron chi connectivity index (χ2n) is 3.84. The van der Waals surface area contributed by atoms with Crippen LogP contribution >= 0.6 is 11.6 Å². The van der Waals surface area contributed by atoms with Gasteiger partial charge in [-0.3, -0.25) is 4.90 Å². The summed E-state index contributed by atoms with van der Waals surface area (Å²) in [6.07, 6.45) is 1.08. The van der Waals surface area contributed by atoms with Crippen molar-refractivity contribution in [1.82, 2.24) is 4.90 Å². The molecule has 0 amide bonds. The van der Waals surface area contributed by atoms with Gasteiger partial charge in [-0.15, -0.1) is 0 Å². The molecule has 0 saturated heterocycles. The molecule has 2 N–H and O–H groups in total. The van der Waals surface area contributed by atoms with Gasteiger partial charge in [0.25, 0.3) is 0 Å². The van der Waals surface area contributed by atoms with Crippen molar-refractivity contribution in [1.29, 1.82) is 0 Å². The number of nitrogens with two attached hydrogens (primary N) is 1. The molecule has 15 heavy (non-hydrogen) atoms. The lowest BCUT2D eigenvalue weighted by atomic mass is 10.1. The third-order valence-electron chi connectivity index (χ3n) is 2.71. The summed E-state index contributed by atoms with van der Waals surface area (Å²) in [7, 11) is 2.11. The van der Waals surface area contributed by atoms with E-state index in [2.05, 4.69) is 31.0 Å². The lowest BCUT2D eigenvalue weighted by molar-refractivity contribution is 0.233.